The van der Waals surface area contributed by atoms with Gasteiger partial charge in [0.2, 0.25) is 5.95 Å². The summed E-state index contributed by atoms with van der Waals surface area (Å²) in [6, 6.07) is 12.2. The molecular formula is C15H12ClFN4. The van der Waals surface area contributed by atoms with Gasteiger partial charge in [0.15, 0.2) is 0 Å². The largest absolute Gasteiger partial charge is 0.368 e. The third-order valence-electron chi connectivity index (χ3n) is 3.06. The van der Waals surface area contributed by atoms with Gasteiger partial charge in [-0.15, -0.1) is 0 Å². The summed E-state index contributed by atoms with van der Waals surface area (Å²) >= 11 is 5.77. The summed E-state index contributed by atoms with van der Waals surface area (Å²) in [4.78, 5) is 8.38. The van der Waals surface area contributed by atoms with Crippen LogP contribution in [0.3, 0.4) is 0 Å². The van der Waals surface area contributed by atoms with Crippen molar-refractivity contribution in [2.75, 3.05) is 11.1 Å². The summed E-state index contributed by atoms with van der Waals surface area (Å²) in [5.74, 6) is 0.407. The van der Waals surface area contributed by atoms with Crippen LogP contribution in [0.4, 0.5) is 16.2 Å². The van der Waals surface area contributed by atoms with E-state index in [4.69, 9.17) is 17.3 Å². The number of hydrogen-bond acceptors (Lipinski definition) is 4. The molecular weight excluding hydrogens is 291 g/mol. The Morgan fingerprint density at radius 3 is 2.76 bits per heavy atom. The average molecular weight is 303 g/mol. The Balaban J connectivity index is 1.89. The zero-order valence-electron chi connectivity index (χ0n) is 11.0. The second-order valence-corrected chi connectivity index (χ2v) is 4.96. The van der Waals surface area contributed by atoms with Gasteiger partial charge < -0.3 is 11.1 Å². The third-order valence-corrected chi connectivity index (χ3v) is 3.35. The monoisotopic (exact) mass is 302 g/mol. The lowest BCUT2D eigenvalue weighted by atomic mass is 10.2. The van der Waals surface area contributed by atoms with Crippen molar-refractivity contribution in [3.8, 4) is 0 Å². The van der Waals surface area contributed by atoms with Gasteiger partial charge in [-0.2, -0.15) is 4.98 Å². The summed E-state index contributed by atoms with van der Waals surface area (Å²) in [5.41, 5.74) is 7.32. The Bertz CT molecular complexity index is 807. The average Bonchev–Trinajstić information content (AvgIpc) is 2.48. The first-order chi connectivity index (χ1) is 10.1. The van der Waals surface area contributed by atoms with Gasteiger partial charge in [0.1, 0.15) is 11.6 Å². The number of benzene rings is 2. The molecule has 6 heteroatoms. The van der Waals surface area contributed by atoms with E-state index in [1.807, 2.05) is 24.3 Å². The van der Waals surface area contributed by atoms with Crippen LogP contribution in [-0.4, -0.2) is 9.97 Å². The molecule has 0 radical (unpaired) electrons. The van der Waals surface area contributed by atoms with E-state index in [0.717, 1.165) is 16.5 Å². The number of rotatable bonds is 3. The summed E-state index contributed by atoms with van der Waals surface area (Å²) < 4.78 is 13.1. The van der Waals surface area contributed by atoms with Gasteiger partial charge in [-0.1, -0.05) is 29.8 Å². The highest BCUT2D eigenvalue weighted by molar-refractivity contribution is 6.30. The highest BCUT2D eigenvalue weighted by Gasteiger charge is 2.06. The highest BCUT2D eigenvalue weighted by Crippen LogP contribution is 2.22. The van der Waals surface area contributed by atoms with Gasteiger partial charge in [-0.25, -0.2) is 9.37 Å². The number of aromatic nitrogens is 2. The molecule has 0 aliphatic rings. The van der Waals surface area contributed by atoms with E-state index in [1.54, 1.807) is 12.1 Å². The second kappa shape index (κ2) is 5.54. The number of fused-ring (bicyclic) bond motifs is 1. The summed E-state index contributed by atoms with van der Waals surface area (Å²) in [5, 5.41) is 4.15. The van der Waals surface area contributed by atoms with Crippen molar-refractivity contribution in [1.82, 2.24) is 9.97 Å². The van der Waals surface area contributed by atoms with E-state index in [0.29, 0.717) is 12.4 Å². The molecule has 2 aromatic carbocycles. The Morgan fingerprint density at radius 1 is 1.14 bits per heavy atom. The molecule has 21 heavy (non-hydrogen) atoms. The predicted octanol–water partition coefficient (Wildman–Crippen LogP) is 3.62. The van der Waals surface area contributed by atoms with Crippen molar-refractivity contribution in [2.45, 2.75) is 6.54 Å². The van der Waals surface area contributed by atoms with Crippen molar-refractivity contribution >= 4 is 34.3 Å². The summed E-state index contributed by atoms with van der Waals surface area (Å²) in [6.07, 6.45) is 0. The molecule has 0 saturated heterocycles. The quantitative estimate of drug-likeness (QED) is 0.775. The number of nitrogen functional groups attached to an aromatic ring is 1. The van der Waals surface area contributed by atoms with Crippen molar-refractivity contribution in [1.29, 1.82) is 0 Å². The lowest BCUT2D eigenvalue weighted by Gasteiger charge is -2.09. The van der Waals surface area contributed by atoms with Crippen molar-refractivity contribution in [2.24, 2.45) is 0 Å². The van der Waals surface area contributed by atoms with E-state index in [-0.39, 0.29) is 11.0 Å². The number of halogens is 2. The maximum Gasteiger partial charge on any atom is 0.222 e. The molecule has 3 aromatic rings. The Morgan fingerprint density at radius 2 is 1.95 bits per heavy atom. The number of nitrogens with two attached hydrogens (primary N) is 1. The summed E-state index contributed by atoms with van der Waals surface area (Å²) in [7, 11) is 0. The number of hydrogen-bond donors (Lipinski definition) is 2. The molecule has 0 fully saturated rings. The Labute approximate surface area is 125 Å². The van der Waals surface area contributed by atoms with Crippen molar-refractivity contribution < 1.29 is 4.39 Å². The maximum atomic E-state index is 13.1. The molecule has 0 spiro atoms. The van der Waals surface area contributed by atoms with Crippen LogP contribution in [-0.2, 0) is 6.54 Å². The molecule has 106 valence electrons. The van der Waals surface area contributed by atoms with Gasteiger partial charge in [0.05, 0.1) is 10.5 Å². The fourth-order valence-electron chi connectivity index (χ4n) is 2.06. The van der Waals surface area contributed by atoms with Crippen LogP contribution in [0.15, 0.2) is 42.5 Å². The smallest absolute Gasteiger partial charge is 0.222 e. The molecule has 0 aliphatic carbocycles. The van der Waals surface area contributed by atoms with Crippen LogP contribution in [0.1, 0.15) is 5.56 Å². The predicted molar refractivity (Wildman–Crippen MR) is 82.7 cm³/mol. The topological polar surface area (TPSA) is 63.8 Å². The first-order valence-electron chi connectivity index (χ1n) is 6.33. The van der Waals surface area contributed by atoms with E-state index in [9.17, 15) is 4.39 Å². The number of para-hydroxylation sites is 1. The van der Waals surface area contributed by atoms with Crippen LogP contribution in [0.25, 0.3) is 10.9 Å². The Kier molecular flexibility index (Phi) is 3.58. The van der Waals surface area contributed by atoms with Crippen molar-refractivity contribution in [3.05, 3.63) is 58.9 Å². The zero-order chi connectivity index (χ0) is 14.8. The Hall–Kier alpha value is -2.40. The first-order valence-corrected chi connectivity index (χ1v) is 6.71. The van der Waals surface area contributed by atoms with E-state index in [2.05, 4.69) is 15.3 Å². The lowest BCUT2D eigenvalue weighted by Crippen LogP contribution is -2.05. The molecule has 3 rings (SSSR count). The SMILES string of the molecule is Nc1nc(NCc2ccc(F)c(Cl)c2)c2ccccc2n1. The molecule has 0 aliphatic heterocycles. The molecule has 4 nitrogen and oxygen atoms in total. The fraction of sp³-hybridized carbons (Fsp3) is 0.0667. The van der Waals surface area contributed by atoms with Gasteiger partial charge in [0, 0.05) is 11.9 Å². The molecule has 0 amide bonds. The molecule has 0 bridgehead atoms. The molecule has 0 atom stereocenters. The van der Waals surface area contributed by atoms with Crippen molar-refractivity contribution in [3.63, 3.8) is 0 Å². The minimum absolute atomic E-state index is 0.0985. The van der Waals surface area contributed by atoms with Crippen LogP contribution in [0, 0.1) is 5.82 Å². The number of anilines is 2. The molecule has 3 N–H and O–H groups in total. The molecule has 1 heterocycles. The minimum atomic E-state index is -0.433. The van der Waals surface area contributed by atoms with Gasteiger partial charge in [0.25, 0.3) is 0 Å². The molecule has 1 aromatic heterocycles. The van der Waals surface area contributed by atoms with Gasteiger partial charge in [-0.3, -0.25) is 0 Å². The maximum absolute atomic E-state index is 13.1. The lowest BCUT2D eigenvalue weighted by molar-refractivity contribution is 0.627. The van der Waals surface area contributed by atoms with Crippen LogP contribution >= 0.6 is 11.6 Å². The van der Waals surface area contributed by atoms with Crippen LogP contribution in [0.5, 0.6) is 0 Å². The standard InChI is InChI=1S/C15H12ClFN4/c16-11-7-9(5-6-12(11)17)8-19-14-10-3-1-2-4-13(10)20-15(18)21-14/h1-7H,8H2,(H3,18,19,20,21). The third kappa shape index (κ3) is 2.87. The first kappa shape index (κ1) is 13.6. The molecule has 0 saturated carbocycles. The second-order valence-electron chi connectivity index (χ2n) is 4.55. The number of nitrogens with zero attached hydrogens (tertiary/aromatic N) is 2. The van der Waals surface area contributed by atoms with Gasteiger partial charge in [-0.05, 0) is 29.8 Å². The number of nitrogens with one attached hydrogen (secondary N) is 1. The fourth-order valence-corrected chi connectivity index (χ4v) is 2.27. The molecule has 0 unspecified atom stereocenters. The summed E-state index contributed by atoms with van der Waals surface area (Å²) in [6.45, 7) is 0.459. The zero-order valence-corrected chi connectivity index (χ0v) is 11.7. The highest BCUT2D eigenvalue weighted by atomic mass is 35.5. The van der Waals surface area contributed by atoms with Gasteiger partial charge >= 0.3 is 0 Å². The van der Waals surface area contributed by atoms with Crippen LogP contribution in [0.2, 0.25) is 5.02 Å². The van der Waals surface area contributed by atoms with Crippen LogP contribution < -0.4 is 11.1 Å². The van der Waals surface area contributed by atoms with E-state index in [1.165, 1.54) is 6.07 Å². The van der Waals surface area contributed by atoms with E-state index < -0.39 is 5.82 Å². The van der Waals surface area contributed by atoms with E-state index >= 15 is 0 Å². The normalized spacial score (nSPS) is 10.8. The minimum Gasteiger partial charge on any atom is -0.368 e.